The number of allylic oxidation sites excluding steroid dienone is 1. The summed E-state index contributed by atoms with van der Waals surface area (Å²) in [5.74, 6) is -0.129. The topological polar surface area (TPSA) is 128 Å². The molecule has 9 nitrogen and oxygen atoms in total. The van der Waals surface area contributed by atoms with Crippen molar-refractivity contribution in [2.24, 2.45) is 11.7 Å². The molecule has 2 saturated heterocycles. The highest BCUT2D eigenvalue weighted by molar-refractivity contribution is 5.78. The van der Waals surface area contributed by atoms with Crippen LogP contribution in [0.25, 0.3) is 0 Å². The van der Waals surface area contributed by atoms with Crippen LogP contribution in [0.15, 0.2) is 11.6 Å². The summed E-state index contributed by atoms with van der Waals surface area (Å²) in [7, 11) is 1.68. The number of amides is 2. The van der Waals surface area contributed by atoms with E-state index in [1.807, 2.05) is 0 Å². The van der Waals surface area contributed by atoms with Gasteiger partial charge in [-0.05, 0) is 65.7 Å². The van der Waals surface area contributed by atoms with Crippen LogP contribution in [-0.2, 0) is 23.7 Å². The zero-order chi connectivity index (χ0) is 24.5. The van der Waals surface area contributed by atoms with Crippen LogP contribution in [0.5, 0.6) is 0 Å². The molecule has 4 rings (SSSR count). The molecule has 1 spiro atoms. The van der Waals surface area contributed by atoms with Gasteiger partial charge in [0.05, 0.1) is 25.2 Å². The fourth-order valence-electron chi connectivity index (χ4n) is 6.08. The Bertz CT molecular complexity index is 788. The lowest BCUT2D eigenvalue weighted by Crippen LogP contribution is -2.56. The maximum absolute atomic E-state index is 12.8. The lowest BCUT2D eigenvalue weighted by atomic mass is 9.68. The summed E-state index contributed by atoms with van der Waals surface area (Å²) < 4.78 is 24.1. The maximum atomic E-state index is 12.8. The van der Waals surface area contributed by atoms with E-state index in [0.717, 1.165) is 38.5 Å². The first-order valence-corrected chi connectivity index (χ1v) is 12.7. The highest BCUT2D eigenvalue weighted by Crippen LogP contribution is 2.59. The Balaban J connectivity index is 1.32. The van der Waals surface area contributed by atoms with Crippen molar-refractivity contribution < 1.29 is 28.5 Å². The summed E-state index contributed by atoms with van der Waals surface area (Å²) in [6, 6.07) is 0.158. The summed E-state index contributed by atoms with van der Waals surface area (Å²) in [4.78, 5) is 24.3. The molecule has 34 heavy (non-hydrogen) atoms. The van der Waals surface area contributed by atoms with Crippen molar-refractivity contribution in [2.75, 3.05) is 20.3 Å². The summed E-state index contributed by atoms with van der Waals surface area (Å²) in [5.41, 5.74) is 6.06. The van der Waals surface area contributed by atoms with E-state index < -0.39 is 6.09 Å². The van der Waals surface area contributed by atoms with Gasteiger partial charge in [-0.15, -0.1) is 0 Å². The van der Waals surface area contributed by atoms with Gasteiger partial charge in [-0.1, -0.05) is 11.6 Å². The van der Waals surface area contributed by atoms with Crippen molar-refractivity contribution in [1.29, 1.82) is 0 Å². The van der Waals surface area contributed by atoms with Crippen LogP contribution in [0.4, 0.5) is 4.79 Å². The first kappa shape index (κ1) is 25.4. The molecule has 0 bridgehead atoms. The molecule has 2 aliphatic heterocycles. The number of hydrogen-bond acceptors (Lipinski definition) is 7. The number of rotatable bonds is 8. The van der Waals surface area contributed by atoms with Crippen molar-refractivity contribution in [3.63, 3.8) is 0 Å². The Labute approximate surface area is 202 Å². The standard InChI is InChI=1S/C25H41N3O6/c1-15(2)5-10-19-24(3,34-19)22-21(31-4)18(11-12-25(22)14-32-25)33-23(30)28-17-8-6-16(7-9-17)27-20(29)13-26/h5,16-19,21-22H,6-14,26H2,1-4H3,(H,27,29)(H,28,30)/t16?,17?,18-,19+,21?,22?,24?,25-/m0/s1. The normalized spacial score (nSPS) is 40.9. The van der Waals surface area contributed by atoms with E-state index >= 15 is 0 Å². The van der Waals surface area contributed by atoms with Crippen molar-refractivity contribution in [3.05, 3.63) is 11.6 Å². The van der Waals surface area contributed by atoms with Crippen molar-refractivity contribution >= 4 is 12.0 Å². The van der Waals surface area contributed by atoms with Crippen LogP contribution in [0, 0.1) is 5.92 Å². The summed E-state index contributed by atoms with van der Waals surface area (Å²) in [5, 5.41) is 5.95. The van der Waals surface area contributed by atoms with Crippen LogP contribution < -0.4 is 16.4 Å². The number of nitrogens with two attached hydrogens (primary N) is 1. The summed E-state index contributed by atoms with van der Waals surface area (Å²) in [6.07, 6.45) is 6.88. The highest BCUT2D eigenvalue weighted by Gasteiger charge is 2.72. The number of methoxy groups -OCH3 is 1. The Kier molecular flexibility index (Phi) is 7.57. The van der Waals surface area contributed by atoms with Crippen LogP contribution in [0.3, 0.4) is 0 Å². The Hall–Kier alpha value is -1.68. The van der Waals surface area contributed by atoms with E-state index in [9.17, 15) is 9.59 Å². The van der Waals surface area contributed by atoms with Crippen molar-refractivity contribution in [1.82, 2.24) is 10.6 Å². The van der Waals surface area contributed by atoms with Crippen molar-refractivity contribution in [3.8, 4) is 0 Å². The van der Waals surface area contributed by atoms with Crippen LogP contribution in [0.2, 0.25) is 0 Å². The molecule has 0 aromatic rings. The number of alkyl carbamates (subject to hydrolysis) is 1. The Morgan fingerprint density at radius 3 is 2.32 bits per heavy atom. The molecule has 2 heterocycles. The molecule has 3 unspecified atom stereocenters. The van der Waals surface area contributed by atoms with Gasteiger partial charge in [0.2, 0.25) is 5.91 Å². The van der Waals surface area contributed by atoms with Crippen LogP contribution in [0.1, 0.15) is 65.7 Å². The number of carbonyl (C=O) groups is 2. The first-order chi connectivity index (χ1) is 16.2. The zero-order valence-electron chi connectivity index (χ0n) is 20.9. The molecule has 6 atom stereocenters. The minimum absolute atomic E-state index is 0.000341. The molecule has 2 saturated carbocycles. The lowest BCUT2D eigenvalue weighted by molar-refractivity contribution is -0.120. The number of carbonyl (C=O) groups excluding carboxylic acids is 2. The lowest BCUT2D eigenvalue weighted by Gasteiger charge is -2.42. The first-order valence-electron chi connectivity index (χ1n) is 12.7. The molecule has 2 aliphatic carbocycles. The second kappa shape index (κ2) is 10.1. The molecule has 2 amide bonds. The van der Waals surface area contributed by atoms with E-state index in [1.165, 1.54) is 5.57 Å². The van der Waals surface area contributed by atoms with Gasteiger partial charge in [0.1, 0.15) is 23.4 Å². The Morgan fingerprint density at radius 1 is 1.12 bits per heavy atom. The van der Waals surface area contributed by atoms with E-state index in [2.05, 4.69) is 37.5 Å². The van der Waals surface area contributed by atoms with Gasteiger partial charge in [-0.2, -0.15) is 0 Å². The maximum Gasteiger partial charge on any atom is 0.407 e. The van der Waals surface area contributed by atoms with Gasteiger partial charge in [-0.3, -0.25) is 4.79 Å². The molecule has 0 aromatic carbocycles. The van der Waals surface area contributed by atoms with Gasteiger partial charge in [0.25, 0.3) is 0 Å². The third-order valence-electron chi connectivity index (χ3n) is 8.10. The SMILES string of the molecule is COC1C(C2(C)O[C@@H]2CC=C(C)C)[C@]2(CC[C@@H]1OC(=O)NC1CCC(NC(=O)CN)CC1)CO2. The van der Waals surface area contributed by atoms with Gasteiger partial charge in [-0.25, -0.2) is 4.79 Å². The fraction of sp³-hybridized carbons (Fsp3) is 0.840. The summed E-state index contributed by atoms with van der Waals surface area (Å²) >= 11 is 0. The van der Waals surface area contributed by atoms with E-state index in [-0.39, 0.29) is 60.0 Å². The average molecular weight is 480 g/mol. The predicted octanol–water partition coefficient (Wildman–Crippen LogP) is 2.18. The molecular formula is C25H41N3O6. The van der Waals surface area contributed by atoms with E-state index in [0.29, 0.717) is 13.0 Å². The van der Waals surface area contributed by atoms with Gasteiger partial charge >= 0.3 is 6.09 Å². The second-order valence-electron chi connectivity index (χ2n) is 10.8. The smallest absolute Gasteiger partial charge is 0.407 e. The average Bonchev–Trinajstić information content (AvgIpc) is 3.72. The zero-order valence-corrected chi connectivity index (χ0v) is 20.9. The Morgan fingerprint density at radius 2 is 1.76 bits per heavy atom. The number of epoxide rings is 2. The number of hydrogen-bond donors (Lipinski definition) is 3. The minimum atomic E-state index is -0.407. The van der Waals surface area contributed by atoms with E-state index in [1.54, 1.807) is 7.11 Å². The molecule has 9 heteroatoms. The third kappa shape index (κ3) is 5.42. The predicted molar refractivity (Wildman–Crippen MR) is 126 cm³/mol. The van der Waals surface area contributed by atoms with Gasteiger partial charge in [0, 0.05) is 19.2 Å². The summed E-state index contributed by atoms with van der Waals surface area (Å²) in [6.45, 7) is 7.03. The molecule has 4 N–H and O–H groups in total. The van der Waals surface area contributed by atoms with Gasteiger partial charge < -0.3 is 35.3 Å². The fourth-order valence-corrected chi connectivity index (χ4v) is 6.08. The molecule has 192 valence electrons. The largest absolute Gasteiger partial charge is 0.443 e. The molecule has 4 aliphatic rings. The monoisotopic (exact) mass is 479 g/mol. The number of nitrogens with one attached hydrogen (secondary N) is 2. The van der Waals surface area contributed by atoms with Crippen LogP contribution in [-0.4, -0.2) is 73.9 Å². The minimum Gasteiger partial charge on any atom is -0.443 e. The second-order valence-corrected chi connectivity index (χ2v) is 10.8. The molecule has 0 radical (unpaired) electrons. The highest BCUT2D eigenvalue weighted by atomic mass is 16.6. The molecular weight excluding hydrogens is 438 g/mol. The molecule has 4 fully saturated rings. The molecule has 0 aromatic heterocycles. The quantitative estimate of drug-likeness (QED) is 0.360. The van der Waals surface area contributed by atoms with Crippen molar-refractivity contribution in [2.45, 2.75) is 107 Å². The number of ether oxygens (including phenoxy) is 4. The van der Waals surface area contributed by atoms with E-state index in [4.69, 9.17) is 24.7 Å². The van der Waals surface area contributed by atoms with Gasteiger partial charge in [0.15, 0.2) is 0 Å². The third-order valence-corrected chi connectivity index (χ3v) is 8.10. The van der Waals surface area contributed by atoms with Crippen LogP contribution >= 0.6 is 0 Å².